The smallest absolute Gasteiger partial charge is 0.227 e. The minimum Gasteiger partial charge on any atom is -0.359 e. The van der Waals surface area contributed by atoms with Crippen LogP contribution in [0.3, 0.4) is 0 Å². The largest absolute Gasteiger partial charge is 0.359 e. The molecule has 5 heteroatoms. The summed E-state index contributed by atoms with van der Waals surface area (Å²) in [7, 11) is 1.59. The van der Waals surface area contributed by atoms with Gasteiger partial charge < -0.3 is 9.84 Å². The van der Waals surface area contributed by atoms with Gasteiger partial charge in [-0.05, 0) is 18.8 Å². The summed E-state index contributed by atoms with van der Waals surface area (Å²) >= 11 is 0. The summed E-state index contributed by atoms with van der Waals surface area (Å²) in [4.78, 5) is 15.2. The Morgan fingerprint density at radius 2 is 2.40 bits per heavy atom. The maximum Gasteiger partial charge on any atom is 0.227 e. The Morgan fingerprint density at radius 1 is 1.60 bits per heavy atom. The van der Waals surface area contributed by atoms with Crippen LogP contribution in [-0.2, 0) is 17.6 Å². The molecule has 0 aromatic carbocycles. The van der Waals surface area contributed by atoms with Crippen molar-refractivity contribution in [3.05, 3.63) is 11.7 Å². The molecular formula is C10H15N3O2. The van der Waals surface area contributed by atoms with Gasteiger partial charge in [-0.15, -0.1) is 0 Å². The van der Waals surface area contributed by atoms with E-state index in [1.807, 2.05) is 0 Å². The van der Waals surface area contributed by atoms with Crippen molar-refractivity contribution in [1.82, 2.24) is 15.5 Å². The van der Waals surface area contributed by atoms with E-state index in [0.29, 0.717) is 17.6 Å². The van der Waals surface area contributed by atoms with Gasteiger partial charge in [0, 0.05) is 13.5 Å². The summed E-state index contributed by atoms with van der Waals surface area (Å²) in [6, 6.07) is 0. The maximum absolute atomic E-state index is 11.0. The number of nitrogens with one attached hydrogen (secondary N) is 1. The molecule has 1 aromatic rings. The third-order valence-corrected chi connectivity index (χ3v) is 2.80. The van der Waals surface area contributed by atoms with E-state index in [0.717, 1.165) is 6.42 Å². The third-order valence-electron chi connectivity index (χ3n) is 2.80. The van der Waals surface area contributed by atoms with Crippen molar-refractivity contribution in [3.63, 3.8) is 0 Å². The van der Waals surface area contributed by atoms with E-state index < -0.39 is 0 Å². The van der Waals surface area contributed by atoms with Crippen LogP contribution in [0.4, 0.5) is 0 Å². The monoisotopic (exact) mass is 209 g/mol. The van der Waals surface area contributed by atoms with E-state index in [4.69, 9.17) is 4.52 Å². The first-order chi connectivity index (χ1) is 7.28. The number of rotatable bonds is 4. The van der Waals surface area contributed by atoms with Crippen LogP contribution < -0.4 is 5.32 Å². The second-order valence-electron chi connectivity index (χ2n) is 3.96. The lowest BCUT2D eigenvalue weighted by Crippen LogP contribution is -2.20. The SMILES string of the molecule is CNC(=O)Cc1noc(CC2CCC2)n1. The summed E-state index contributed by atoms with van der Waals surface area (Å²) in [6.45, 7) is 0. The second-order valence-corrected chi connectivity index (χ2v) is 3.96. The van der Waals surface area contributed by atoms with E-state index in [2.05, 4.69) is 15.5 Å². The average molecular weight is 209 g/mol. The quantitative estimate of drug-likeness (QED) is 0.792. The van der Waals surface area contributed by atoms with Gasteiger partial charge in [-0.2, -0.15) is 4.98 Å². The number of carbonyl (C=O) groups excluding carboxylic acids is 1. The number of carbonyl (C=O) groups is 1. The van der Waals surface area contributed by atoms with Crippen LogP contribution in [0.15, 0.2) is 4.52 Å². The molecule has 1 saturated carbocycles. The first kappa shape index (κ1) is 10.1. The van der Waals surface area contributed by atoms with Gasteiger partial charge in [0.2, 0.25) is 11.8 Å². The van der Waals surface area contributed by atoms with Gasteiger partial charge >= 0.3 is 0 Å². The Morgan fingerprint density at radius 3 is 3.00 bits per heavy atom. The molecule has 1 fully saturated rings. The van der Waals surface area contributed by atoms with Crippen LogP contribution in [-0.4, -0.2) is 23.1 Å². The van der Waals surface area contributed by atoms with Gasteiger partial charge in [0.25, 0.3) is 0 Å². The highest BCUT2D eigenvalue weighted by Gasteiger charge is 2.21. The Balaban J connectivity index is 1.88. The summed E-state index contributed by atoms with van der Waals surface area (Å²) < 4.78 is 5.08. The average Bonchev–Trinajstić information content (AvgIpc) is 2.59. The van der Waals surface area contributed by atoms with Crippen molar-refractivity contribution in [3.8, 4) is 0 Å². The Labute approximate surface area is 88.2 Å². The minimum atomic E-state index is -0.0917. The summed E-state index contributed by atoms with van der Waals surface area (Å²) in [6.07, 6.45) is 4.88. The summed E-state index contributed by atoms with van der Waals surface area (Å²) in [5.74, 6) is 1.76. The molecule has 0 saturated heterocycles. The van der Waals surface area contributed by atoms with Gasteiger partial charge in [-0.3, -0.25) is 4.79 Å². The summed E-state index contributed by atoms with van der Waals surface area (Å²) in [5.41, 5.74) is 0. The van der Waals surface area contributed by atoms with Crippen LogP contribution in [0.5, 0.6) is 0 Å². The lowest BCUT2D eigenvalue weighted by Gasteiger charge is -2.23. The lowest BCUT2D eigenvalue weighted by atomic mass is 9.83. The fourth-order valence-corrected chi connectivity index (χ4v) is 1.62. The van der Waals surface area contributed by atoms with Crippen LogP contribution >= 0.6 is 0 Å². The topological polar surface area (TPSA) is 68.0 Å². The molecular weight excluding hydrogens is 194 g/mol. The first-order valence-electron chi connectivity index (χ1n) is 5.30. The molecule has 0 radical (unpaired) electrons. The van der Waals surface area contributed by atoms with Gasteiger partial charge in [0.1, 0.15) is 0 Å². The zero-order valence-corrected chi connectivity index (χ0v) is 8.82. The summed E-state index contributed by atoms with van der Waals surface area (Å²) in [5, 5.41) is 6.29. The van der Waals surface area contributed by atoms with Crippen molar-refractivity contribution < 1.29 is 9.32 Å². The lowest BCUT2D eigenvalue weighted by molar-refractivity contribution is -0.120. The van der Waals surface area contributed by atoms with Crippen LogP contribution in [0.25, 0.3) is 0 Å². The Hall–Kier alpha value is -1.39. The number of hydrogen-bond acceptors (Lipinski definition) is 4. The number of nitrogens with zero attached hydrogens (tertiary/aromatic N) is 2. The third kappa shape index (κ3) is 2.55. The molecule has 1 aliphatic rings. The zero-order valence-electron chi connectivity index (χ0n) is 8.82. The predicted molar refractivity (Wildman–Crippen MR) is 53.1 cm³/mol. The highest BCUT2D eigenvalue weighted by Crippen LogP contribution is 2.29. The van der Waals surface area contributed by atoms with Crippen molar-refractivity contribution in [2.24, 2.45) is 5.92 Å². The molecule has 1 amide bonds. The predicted octanol–water partition coefficient (Wildman–Crippen LogP) is 0.701. The molecule has 1 aliphatic carbocycles. The molecule has 0 spiro atoms. The second kappa shape index (κ2) is 4.42. The van der Waals surface area contributed by atoms with Gasteiger partial charge in [0.15, 0.2) is 5.82 Å². The van der Waals surface area contributed by atoms with Gasteiger partial charge in [0.05, 0.1) is 6.42 Å². The molecule has 1 aromatic heterocycles. The molecule has 0 aliphatic heterocycles. The molecule has 82 valence electrons. The molecule has 5 nitrogen and oxygen atoms in total. The van der Waals surface area contributed by atoms with Crippen LogP contribution in [0.2, 0.25) is 0 Å². The molecule has 0 unspecified atom stereocenters. The van der Waals surface area contributed by atoms with Gasteiger partial charge in [-0.25, -0.2) is 0 Å². The van der Waals surface area contributed by atoms with Crippen LogP contribution in [0.1, 0.15) is 31.0 Å². The Bertz CT molecular complexity index is 344. The van der Waals surface area contributed by atoms with Crippen molar-refractivity contribution in [2.75, 3.05) is 7.05 Å². The fourth-order valence-electron chi connectivity index (χ4n) is 1.62. The molecule has 1 N–H and O–H groups in total. The minimum absolute atomic E-state index is 0.0917. The number of likely N-dealkylation sites (N-methyl/N-ethyl adjacent to an activating group) is 1. The fraction of sp³-hybridized carbons (Fsp3) is 0.700. The van der Waals surface area contributed by atoms with E-state index >= 15 is 0 Å². The normalized spacial score (nSPS) is 16.1. The van der Waals surface area contributed by atoms with Crippen LogP contribution in [0, 0.1) is 5.92 Å². The Kier molecular flexibility index (Phi) is 2.99. The highest BCUT2D eigenvalue weighted by atomic mass is 16.5. The van der Waals surface area contributed by atoms with E-state index in [1.54, 1.807) is 7.05 Å². The van der Waals surface area contributed by atoms with Crippen molar-refractivity contribution in [1.29, 1.82) is 0 Å². The van der Waals surface area contributed by atoms with E-state index in [9.17, 15) is 4.79 Å². The first-order valence-corrected chi connectivity index (χ1v) is 5.30. The standard InChI is InChI=1S/C10H15N3O2/c1-11-9(14)6-8-12-10(15-13-8)5-7-3-2-4-7/h7H,2-6H2,1H3,(H,11,14). The maximum atomic E-state index is 11.0. The molecule has 1 heterocycles. The highest BCUT2D eigenvalue weighted by molar-refractivity contribution is 5.77. The van der Waals surface area contributed by atoms with E-state index in [1.165, 1.54) is 19.3 Å². The molecule has 0 bridgehead atoms. The molecule has 15 heavy (non-hydrogen) atoms. The number of amides is 1. The van der Waals surface area contributed by atoms with Crippen molar-refractivity contribution >= 4 is 5.91 Å². The number of aromatic nitrogens is 2. The molecule has 2 rings (SSSR count). The number of hydrogen-bond donors (Lipinski definition) is 1. The van der Waals surface area contributed by atoms with E-state index in [-0.39, 0.29) is 12.3 Å². The van der Waals surface area contributed by atoms with Gasteiger partial charge in [-0.1, -0.05) is 11.6 Å². The van der Waals surface area contributed by atoms with Crippen molar-refractivity contribution in [2.45, 2.75) is 32.1 Å². The zero-order chi connectivity index (χ0) is 10.7. The molecule has 0 atom stereocenters.